The van der Waals surface area contributed by atoms with Crippen molar-refractivity contribution in [1.82, 2.24) is 0 Å². The number of hydrogen-bond donors (Lipinski definition) is 2. The average Bonchev–Trinajstić information content (AvgIpc) is 2.82. The standard InChI is InChI=1S/C19H20N2/c1-3-9-16-14(7-1)13-18-11-5-6-12-19(18,20-16)21-17-10-4-2-8-15(17)18/h1-4,7-10,20-21H,5-6,11-13H2/t18-,19+/m0/s1. The highest BCUT2D eigenvalue weighted by Gasteiger charge is 2.60. The Balaban J connectivity index is 1.77. The van der Waals surface area contributed by atoms with Gasteiger partial charge in [-0.1, -0.05) is 42.8 Å². The Morgan fingerprint density at radius 2 is 1.48 bits per heavy atom. The number of nitrogens with one attached hydrogen (secondary N) is 2. The molecule has 2 aliphatic heterocycles. The minimum atomic E-state index is 0.0172. The molecule has 2 aromatic carbocycles. The van der Waals surface area contributed by atoms with Gasteiger partial charge in [-0.05, 0) is 48.9 Å². The van der Waals surface area contributed by atoms with Gasteiger partial charge in [0.05, 0.1) is 0 Å². The molecule has 2 atom stereocenters. The van der Waals surface area contributed by atoms with Gasteiger partial charge in [-0.25, -0.2) is 0 Å². The zero-order valence-corrected chi connectivity index (χ0v) is 12.2. The van der Waals surface area contributed by atoms with E-state index >= 15 is 0 Å². The van der Waals surface area contributed by atoms with Crippen LogP contribution >= 0.6 is 0 Å². The topological polar surface area (TPSA) is 24.1 Å². The monoisotopic (exact) mass is 276 g/mol. The summed E-state index contributed by atoms with van der Waals surface area (Å²) >= 11 is 0. The first-order valence-electron chi connectivity index (χ1n) is 8.07. The summed E-state index contributed by atoms with van der Waals surface area (Å²) in [4.78, 5) is 0. The van der Waals surface area contributed by atoms with Gasteiger partial charge in [0.15, 0.2) is 0 Å². The third-order valence-electron chi connectivity index (χ3n) is 5.87. The van der Waals surface area contributed by atoms with Crippen molar-refractivity contribution >= 4 is 11.4 Å². The van der Waals surface area contributed by atoms with Crippen LogP contribution in [0.4, 0.5) is 11.4 Å². The quantitative estimate of drug-likeness (QED) is 0.750. The van der Waals surface area contributed by atoms with Crippen LogP contribution in [0.2, 0.25) is 0 Å². The smallest absolute Gasteiger partial charge is 0.118 e. The van der Waals surface area contributed by atoms with Gasteiger partial charge in [0.25, 0.3) is 0 Å². The zero-order valence-electron chi connectivity index (χ0n) is 12.2. The van der Waals surface area contributed by atoms with Crippen molar-refractivity contribution in [3.05, 3.63) is 59.7 Å². The van der Waals surface area contributed by atoms with Crippen LogP contribution in [0.5, 0.6) is 0 Å². The highest BCUT2D eigenvalue weighted by atomic mass is 15.3. The van der Waals surface area contributed by atoms with Gasteiger partial charge in [0.2, 0.25) is 0 Å². The number of rotatable bonds is 0. The minimum absolute atomic E-state index is 0.0172. The lowest BCUT2D eigenvalue weighted by molar-refractivity contribution is 0.192. The summed E-state index contributed by atoms with van der Waals surface area (Å²) in [6, 6.07) is 17.8. The molecule has 2 N–H and O–H groups in total. The Labute approximate surface area is 125 Å². The van der Waals surface area contributed by atoms with E-state index in [1.165, 1.54) is 48.2 Å². The first-order valence-corrected chi connectivity index (χ1v) is 8.07. The van der Waals surface area contributed by atoms with Gasteiger partial charge in [-0.3, -0.25) is 0 Å². The van der Waals surface area contributed by atoms with E-state index in [0.29, 0.717) is 0 Å². The lowest BCUT2D eigenvalue weighted by atomic mass is 9.59. The second kappa shape index (κ2) is 3.82. The van der Waals surface area contributed by atoms with Crippen LogP contribution < -0.4 is 10.6 Å². The highest BCUT2D eigenvalue weighted by molar-refractivity contribution is 5.72. The first kappa shape index (κ1) is 11.7. The van der Waals surface area contributed by atoms with E-state index in [9.17, 15) is 0 Å². The predicted octanol–water partition coefficient (Wildman–Crippen LogP) is 4.29. The SMILES string of the molecule is c1ccc2c(c1)C[C@]13CCCC[C@@]1(N2)Nc1ccccc13. The average molecular weight is 276 g/mol. The van der Waals surface area contributed by atoms with Crippen molar-refractivity contribution in [1.29, 1.82) is 0 Å². The third-order valence-corrected chi connectivity index (χ3v) is 5.87. The molecule has 0 amide bonds. The maximum absolute atomic E-state index is 3.90. The Hall–Kier alpha value is -1.96. The summed E-state index contributed by atoms with van der Waals surface area (Å²) in [7, 11) is 0. The van der Waals surface area contributed by atoms with Crippen LogP contribution in [0.3, 0.4) is 0 Å². The Morgan fingerprint density at radius 3 is 2.43 bits per heavy atom. The fraction of sp³-hybridized carbons (Fsp3) is 0.368. The lowest BCUT2D eigenvalue weighted by Gasteiger charge is -2.54. The number of anilines is 2. The Morgan fingerprint density at radius 1 is 0.762 bits per heavy atom. The molecule has 2 nitrogen and oxygen atoms in total. The molecule has 0 aromatic heterocycles. The number of hydrogen-bond acceptors (Lipinski definition) is 2. The zero-order chi connectivity index (χ0) is 13.9. The van der Waals surface area contributed by atoms with Crippen molar-refractivity contribution in [3.8, 4) is 0 Å². The molecule has 0 saturated heterocycles. The van der Waals surface area contributed by atoms with Gasteiger partial charge >= 0.3 is 0 Å². The first-order chi connectivity index (χ1) is 10.3. The molecular formula is C19H20N2. The maximum atomic E-state index is 3.90. The van der Waals surface area contributed by atoms with E-state index in [0.717, 1.165) is 6.42 Å². The molecule has 0 spiro atoms. The second-order valence-corrected chi connectivity index (χ2v) is 6.82. The van der Waals surface area contributed by atoms with E-state index in [-0.39, 0.29) is 11.1 Å². The molecule has 1 saturated carbocycles. The molecule has 0 unspecified atom stereocenters. The molecule has 0 radical (unpaired) electrons. The summed E-state index contributed by atoms with van der Waals surface area (Å²) in [6.45, 7) is 0. The van der Waals surface area contributed by atoms with Gasteiger partial charge in [-0.2, -0.15) is 0 Å². The van der Waals surface area contributed by atoms with Gasteiger partial charge in [0, 0.05) is 16.8 Å². The van der Waals surface area contributed by atoms with E-state index in [4.69, 9.17) is 0 Å². The molecule has 2 aromatic rings. The largest absolute Gasteiger partial charge is 0.362 e. The fourth-order valence-electron chi connectivity index (χ4n) is 4.95. The van der Waals surface area contributed by atoms with E-state index in [1.807, 2.05) is 0 Å². The van der Waals surface area contributed by atoms with Crippen molar-refractivity contribution in [2.75, 3.05) is 10.6 Å². The van der Waals surface area contributed by atoms with Crippen LogP contribution in [0, 0.1) is 0 Å². The summed E-state index contributed by atoms with van der Waals surface area (Å²) in [6.07, 6.45) is 6.27. The predicted molar refractivity (Wildman–Crippen MR) is 86.7 cm³/mol. The van der Waals surface area contributed by atoms with Crippen molar-refractivity contribution in [2.45, 2.75) is 43.2 Å². The molecule has 0 bridgehead atoms. The van der Waals surface area contributed by atoms with Crippen LogP contribution in [-0.4, -0.2) is 5.66 Å². The van der Waals surface area contributed by atoms with E-state index in [1.54, 1.807) is 0 Å². The van der Waals surface area contributed by atoms with Crippen LogP contribution in [0.25, 0.3) is 0 Å². The molecule has 1 aliphatic carbocycles. The van der Waals surface area contributed by atoms with Gasteiger partial charge in [-0.15, -0.1) is 0 Å². The van der Waals surface area contributed by atoms with Crippen molar-refractivity contribution < 1.29 is 0 Å². The van der Waals surface area contributed by atoms with E-state index < -0.39 is 0 Å². The minimum Gasteiger partial charge on any atom is -0.362 e. The number of fused-ring (bicyclic) bond motifs is 2. The number of para-hydroxylation sites is 2. The molecule has 2 heterocycles. The van der Waals surface area contributed by atoms with Crippen LogP contribution in [0.1, 0.15) is 36.8 Å². The number of benzene rings is 2. The van der Waals surface area contributed by atoms with E-state index in [2.05, 4.69) is 59.2 Å². The van der Waals surface area contributed by atoms with Gasteiger partial charge < -0.3 is 10.6 Å². The maximum Gasteiger partial charge on any atom is 0.118 e. The summed E-state index contributed by atoms with van der Waals surface area (Å²) < 4.78 is 0. The van der Waals surface area contributed by atoms with Gasteiger partial charge in [0.1, 0.15) is 5.66 Å². The molecule has 3 aliphatic rings. The van der Waals surface area contributed by atoms with Crippen molar-refractivity contribution in [2.24, 2.45) is 0 Å². The van der Waals surface area contributed by atoms with Crippen LogP contribution in [-0.2, 0) is 11.8 Å². The lowest BCUT2D eigenvalue weighted by Crippen LogP contribution is -2.62. The Bertz CT molecular complexity index is 723. The fourth-order valence-corrected chi connectivity index (χ4v) is 4.95. The van der Waals surface area contributed by atoms with Crippen LogP contribution in [0.15, 0.2) is 48.5 Å². The molecule has 2 heteroatoms. The second-order valence-electron chi connectivity index (χ2n) is 6.82. The highest BCUT2D eigenvalue weighted by Crippen LogP contribution is 2.59. The third kappa shape index (κ3) is 1.33. The molecule has 21 heavy (non-hydrogen) atoms. The van der Waals surface area contributed by atoms with Crippen molar-refractivity contribution in [3.63, 3.8) is 0 Å². The molecule has 1 fully saturated rings. The molecular weight excluding hydrogens is 256 g/mol. The molecule has 5 rings (SSSR count). The molecule has 106 valence electrons. The summed E-state index contributed by atoms with van der Waals surface area (Å²) in [5, 5.41) is 7.77. The summed E-state index contributed by atoms with van der Waals surface area (Å²) in [5.41, 5.74) is 5.87. The normalized spacial score (nSPS) is 32.0. The Kier molecular flexibility index (Phi) is 2.12. The summed E-state index contributed by atoms with van der Waals surface area (Å²) in [5.74, 6) is 0.